The minimum Gasteiger partial charge on any atom is -0.393 e. The fourth-order valence-electron chi connectivity index (χ4n) is 0.978. The highest BCUT2D eigenvalue weighted by atomic mass is 32.1. The Bertz CT molecular complexity index is 309. The number of carbonyl (C=O) groups is 1. The zero-order valence-corrected chi connectivity index (χ0v) is 7.30. The van der Waals surface area contributed by atoms with Crippen molar-refractivity contribution in [2.75, 3.05) is 0 Å². The van der Waals surface area contributed by atoms with Crippen molar-refractivity contribution in [3.05, 3.63) is 35.4 Å². The Hall–Kier alpha value is -1.22. The van der Waals surface area contributed by atoms with E-state index in [2.05, 4.69) is 0 Å². The fourth-order valence-corrected chi connectivity index (χ4v) is 1.14. The Labute approximate surface area is 76.4 Å². The van der Waals surface area contributed by atoms with Crippen LogP contribution in [0, 0.1) is 0 Å². The molecule has 1 aromatic carbocycles. The average Bonchev–Trinajstić information content (AvgIpc) is 2.03. The van der Waals surface area contributed by atoms with Crippen LogP contribution in [-0.4, -0.2) is 11.3 Å². The lowest BCUT2D eigenvalue weighted by Gasteiger charge is -1.98. The molecule has 0 bridgehead atoms. The third kappa shape index (κ3) is 2.43. The molecule has 0 aliphatic rings. The lowest BCUT2D eigenvalue weighted by Crippen LogP contribution is -2.10. The molecule has 1 aromatic rings. The second-order valence-corrected chi connectivity index (χ2v) is 3.03. The van der Waals surface area contributed by atoms with Crippen LogP contribution >= 0.6 is 12.2 Å². The van der Waals surface area contributed by atoms with Gasteiger partial charge >= 0.3 is 0 Å². The van der Waals surface area contributed by atoms with Gasteiger partial charge in [0.15, 0.2) is 0 Å². The van der Waals surface area contributed by atoms with Crippen LogP contribution in [-0.2, 0) is 6.42 Å². The van der Waals surface area contributed by atoms with Gasteiger partial charge in [-0.1, -0.05) is 30.4 Å². The average molecular weight is 179 g/mol. The van der Waals surface area contributed by atoms with Crippen molar-refractivity contribution in [3.63, 3.8) is 0 Å². The van der Waals surface area contributed by atoms with E-state index < -0.39 is 0 Å². The van der Waals surface area contributed by atoms with E-state index in [0.717, 1.165) is 11.8 Å². The van der Waals surface area contributed by atoms with Crippen molar-refractivity contribution >= 4 is 23.5 Å². The van der Waals surface area contributed by atoms with Gasteiger partial charge in [-0.2, -0.15) is 0 Å². The summed E-state index contributed by atoms with van der Waals surface area (Å²) >= 11 is 4.75. The van der Waals surface area contributed by atoms with Crippen LogP contribution < -0.4 is 5.73 Å². The van der Waals surface area contributed by atoms with Gasteiger partial charge in [-0.05, 0) is 11.6 Å². The molecule has 0 unspecified atom stereocenters. The van der Waals surface area contributed by atoms with Gasteiger partial charge in [0.05, 0.1) is 4.99 Å². The van der Waals surface area contributed by atoms with E-state index in [9.17, 15) is 4.79 Å². The SMILES string of the molecule is NC(=S)Cc1cccc(C=O)c1. The normalized spacial score (nSPS) is 9.33. The smallest absolute Gasteiger partial charge is 0.150 e. The van der Waals surface area contributed by atoms with Crippen molar-refractivity contribution in [2.45, 2.75) is 6.42 Å². The summed E-state index contributed by atoms with van der Waals surface area (Å²) in [7, 11) is 0. The molecule has 0 saturated carbocycles. The maximum atomic E-state index is 10.4. The number of hydrogen-bond donors (Lipinski definition) is 1. The first-order chi connectivity index (χ1) is 5.72. The molecule has 0 fully saturated rings. The van der Waals surface area contributed by atoms with E-state index in [1.54, 1.807) is 12.1 Å². The summed E-state index contributed by atoms with van der Waals surface area (Å²) in [5.41, 5.74) is 6.99. The second kappa shape index (κ2) is 3.97. The molecule has 0 aliphatic heterocycles. The van der Waals surface area contributed by atoms with Gasteiger partial charge in [0, 0.05) is 12.0 Å². The summed E-state index contributed by atoms with van der Waals surface area (Å²) in [6, 6.07) is 7.24. The first-order valence-electron chi connectivity index (χ1n) is 3.55. The van der Waals surface area contributed by atoms with Crippen LogP contribution in [0.25, 0.3) is 0 Å². The van der Waals surface area contributed by atoms with E-state index in [-0.39, 0.29) is 0 Å². The van der Waals surface area contributed by atoms with Crippen LogP contribution in [0.4, 0.5) is 0 Å². The molecule has 2 nitrogen and oxygen atoms in total. The lowest BCUT2D eigenvalue weighted by molar-refractivity contribution is 0.112. The molecule has 0 saturated heterocycles. The van der Waals surface area contributed by atoms with Gasteiger partial charge < -0.3 is 5.73 Å². The number of nitrogens with two attached hydrogens (primary N) is 1. The van der Waals surface area contributed by atoms with Crippen molar-refractivity contribution in [1.29, 1.82) is 0 Å². The summed E-state index contributed by atoms with van der Waals surface area (Å²) in [5.74, 6) is 0. The van der Waals surface area contributed by atoms with Crippen molar-refractivity contribution in [3.8, 4) is 0 Å². The highest BCUT2D eigenvalue weighted by Gasteiger charge is 1.95. The first-order valence-corrected chi connectivity index (χ1v) is 3.95. The summed E-state index contributed by atoms with van der Waals surface area (Å²) in [5, 5.41) is 0. The van der Waals surface area contributed by atoms with Crippen LogP contribution in [0.3, 0.4) is 0 Å². The van der Waals surface area contributed by atoms with Crippen molar-refractivity contribution in [2.24, 2.45) is 5.73 Å². The molecule has 62 valence electrons. The molecular weight excluding hydrogens is 170 g/mol. The molecule has 3 heteroatoms. The summed E-state index contributed by atoms with van der Waals surface area (Å²) < 4.78 is 0. The standard InChI is InChI=1S/C9H9NOS/c10-9(12)5-7-2-1-3-8(4-7)6-11/h1-4,6H,5H2,(H2,10,12). The van der Waals surface area contributed by atoms with E-state index in [0.29, 0.717) is 17.0 Å². The van der Waals surface area contributed by atoms with Crippen LogP contribution in [0.5, 0.6) is 0 Å². The third-order valence-electron chi connectivity index (χ3n) is 1.47. The summed E-state index contributed by atoms with van der Waals surface area (Å²) in [6.07, 6.45) is 1.36. The predicted octanol–water partition coefficient (Wildman–Crippen LogP) is 1.33. The molecule has 12 heavy (non-hydrogen) atoms. The number of aldehydes is 1. The van der Waals surface area contributed by atoms with Gasteiger partial charge in [-0.25, -0.2) is 0 Å². The molecular formula is C9H9NOS. The van der Waals surface area contributed by atoms with E-state index in [1.165, 1.54) is 0 Å². The summed E-state index contributed by atoms with van der Waals surface area (Å²) in [6.45, 7) is 0. The van der Waals surface area contributed by atoms with Crippen LogP contribution in [0.15, 0.2) is 24.3 Å². The molecule has 0 spiro atoms. The minimum atomic E-state index is 0.443. The number of carbonyl (C=O) groups excluding carboxylic acids is 1. The molecule has 0 atom stereocenters. The molecule has 1 rings (SSSR count). The maximum Gasteiger partial charge on any atom is 0.150 e. The van der Waals surface area contributed by atoms with E-state index in [1.807, 2.05) is 12.1 Å². The quantitative estimate of drug-likeness (QED) is 0.562. The number of hydrogen-bond acceptors (Lipinski definition) is 2. The van der Waals surface area contributed by atoms with Crippen molar-refractivity contribution < 1.29 is 4.79 Å². The lowest BCUT2D eigenvalue weighted by atomic mass is 10.1. The van der Waals surface area contributed by atoms with Crippen molar-refractivity contribution in [1.82, 2.24) is 0 Å². The van der Waals surface area contributed by atoms with Gasteiger partial charge in [-0.15, -0.1) is 0 Å². The largest absolute Gasteiger partial charge is 0.393 e. The van der Waals surface area contributed by atoms with E-state index >= 15 is 0 Å². The second-order valence-electron chi connectivity index (χ2n) is 2.51. The van der Waals surface area contributed by atoms with Gasteiger partial charge in [-0.3, -0.25) is 4.79 Å². The molecule has 0 aromatic heterocycles. The number of benzene rings is 1. The zero-order chi connectivity index (χ0) is 8.97. The molecule has 0 amide bonds. The molecule has 0 radical (unpaired) electrons. The Morgan fingerprint density at radius 3 is 2.92 bits per heavy atom. The fraction of sp³-hybridized carbons (Fsp3) is 0.111. The van der Waals surface area contributed by atoms with E-state index in [4.69, 9.17) is 18.0 Å². The molecule has 0 heterocycles. The Balaban J connectivity index is 2.86. The highest BCUT2D eigenvalue weighted by Crippen LogP contribution is 2.03. The monoisotopic (exact) mass is 179 g/mol. The Morgan fingerprint density at radius 1 is 1.58 bits per heavy atom. The third-order valence-corrected chi connectivity index (χ3v) is 1.61. The Morgan fingerprint density at radius 2 is 2.33 bits per heavy atom. The zero-order valence-electron chi connectivity index (χ0n) is 6.49. The number of thiocarbonyl (C=S) groups is 1. The minimum absolute atomic E-state index is 0.443. The topological polar surface area (TPSA) is 43.1 Å². The van der Waals surface area contributed by atoms with Gasteiger partial charge in [0.2, 0.25) is 0 Å². The van der Waals surface area contributed by atoms with Crippen LogP contribution in [0.2, 0.25) is 0 Å². The predicted molar refractivity (Wildman–Crippen MR) is 52.3 cm³/mol. The van der Waals surface area contributed by atoms with Gasteiger partial charge in [0.25, 0.3) is 0 Å². The first kappa shape index (κ1) is 8.87. The Kier molecular flexibility index (Phi) is 2.94. The number of rotatable bonds is 3. The van der Waals surface area contributed by atoms with Crippen LogP contribution in [0.1, 0.15) is 15.9 Å². The maximum absolute atomic E-state index is 10.4. The summed E-state index contributed by atoms with van der Waals surface area (Å²) in [4.78, 5) is 10.8. The highest BCUT2D eigenvalue weighted by molar-refractivity contribution is 7.80. The van der Waals surface area contributed by atoms with Gasteiger partial charge in [0.1, 0.15) is 6.29 Å². The molecule has 0 aliphatic carbocycles. The molecule has 2 N–H and O–H groups in total.